The van der Waals surface area contributed by atoms with Gasteiger partial charge in [-0.3, -0.25) is 4.98 Å². The van der Waals surface area contributed by atoms with Crippen molar-refractivity contribution in [3.63, 3.8) is 0 Å². The van der Waals surface area contributed by atoms with E-state index < -0.39 is 0 Å². The SMILES string of the molecule is Oc1cccc2cc(C3COCCCN3)cnc12. The minimum absolute atomic E-state index is 0.187. The lowest BCUT2D eigenvalue weighted by Gasteiger charge is -2.15. The van der Waals surface area contributed by atoms with Crippen LogP contribution >= 0.6 is 0 Å². The standard InChI is InChI=1S/C14H16N2O2/c17-13-4-1-3-10-7-11(8-16-14(10)13)12-9-18-6-2-5-15-12/h1,3-4,7-8,12,15,17H,2,5-6,9H2. The molecule has 0 aliphatic carbocycles. The quantitative estimate of drug-likeness (QED) is 0.805. The molecule has 0 spiro atoms. The summed E-state index contributed by atoms with van der Waals surface area (Å²) in [7, 11) is 0. The first kappa shape index (κ1) is 11.4. The van der Waals surface area contributed by atoms with E-state index in [1.165, 1.54) is 0 Å². The van der Waals surface area contributed by atoms with Gasteiger partial charge in [-0.1, -0.05) is 12.1 Å². The summed E-state index contributed by atoms with van der Waals surface area (Å²) in [5.41, 5.74) is 1.76. The number of rotatable bonds is 1. The highest BCUT2D eigenvalue weighted by Gasteiger charge is 2.15. The molecule has 0 saturated carbocycles. The minimum atomic E-state index is 0.187. The Balaban J connectivity index is 1.97. The molecule has 1 aromatic carbocycles. The number of aromatic hydroxyl groups is 1. The van der Waals surface area contributed by atoms with Crippen molar-refractivity contribution >= 4 is 10.9 Å². The van der Waals surface area contributed by atoms with Crippen molar-refractivity contribution in [3.05, 3.63) is 36.0 Å². The summed E-state index contributed by atoms with van der Waals surface area (Å²) in [5.74, 6) is 0.226. The summed E-state index contributed by atoms with van der Waals surface area (Å²) in [6.45, 7) is 2.44. The Morgan fingerprint density at radius 2 is 2.33 bits per heavy atom. The monoisotopic (exact) mass is 244 g/mol. The second kappa shape index (κ2) is 4.92. The zero-order chi connectivity index (χ0) is 12.4. The molecule has 1 aliphatic heterocycles. The molecule has 2 aromatic rings. The van der Waals surface area contributed by atoms with Gasteiger partial charge in [-0.05, 0) is 30.7 Å². The third-order valence-corrected chi connectivity index (χ3v) is 3.25. The van der Waals surface area contributed by atoms with Crippen molar-refractivity contribution in [2.75, 3.05) is 19.8 Å². The van der Waals surface area contributed by atoms with Gasteiger partial charge < -0.3 is 15.2 Å². The van der Waals surface area contributed by atoms with E-state index >= 15 is 0 Å². The average Bonchev–Trinajstić information content (AvgIpc) is 2.67. The molecule has 3 rings (SSSR count). The van der Waals surface area contributed by atoms with E-state index in [2.05, 4.69) is 16.4 Å². The van der Waals surface area contributed by atoms with Crippen LogP contribution in [-0.2, 0) is 4.74 Å². The smallest absolute Gasteiger partial charge is 0.141 e. The van der Waals surface area contributed by atoms with Crippen LogP contribution in [0.15, 0.2) is 30.5 Å². The number of hydrogen-bond acceptors (Lipinski definition) is 4. The number of phenols is 1. The van der Waals surface area contributed by atoms with Gasteiger partial charge in [0.25, 0.3) is 0 Å². The van der Waals surface area contributed by atoms with Gasteiger partial charge in [0.15, 0.2) is 0 Å². The van der Waals surface area contributed by atoms with Gasteiger partial charge >= 0.3 is 0 Å². The van der Waals surface area contributed by atoms with Crippen LogP contribution in [-0.4, -0.2) is 29.8 Å². The molecule has 1 saturated heterocycles. The highest BCUT2D eigenvalue weighted by Crippen LogP contribution is 2.25. The maximum absolute atomic E-state index is 9.71. The van der Waals surface area contributed by atoms with Gasteiger partial charge in [-0.15, -0.1) is 0 Å². The Kier molecular flexibility index (Phi) is 3.13. The fraction of sp³-hybridized carbons (Fsp3) is 0.357. The van der Waals surface area contributed by atoms with Gasteiger partial charge in [-0.25, -0.2) is 0 Å². The van der Waals surface area contributed by atoms with Crippen LogP contribution in [0, 0.1) is 0 Å². The van der Waals surface area contributed by atoms with Crippen molar-refractivity contribution in [1.82, 2.24) is 10.3 Å². The summed E-state index contributed by atoms with van der Waals surface area (Å²) in [6.07, 6.45) is 2.85. The normalized spacial score (nSPS) is 20.8. The van der Waals surface area contributed by atoms with Crippen LogP contribution < -0.4 is 5.32 Å². The zero-order valence-corrected chi connectivity index (χ0v) is 10.1. The maximum atomic E-state index is 9.71. The fourth-order valence-corrected chi connectivity index (χ4v) is 2.28. The molecule has 94 valence electrons. The van der Waals surface area contributed by atoms with Crippen LogP contribution in [0.4, 0.5) is 0 Å². The first-order valence-corrected chi connectivity index (χ1v) is 6.23. The lowest BCUT2D eigenvalue weighted by molar-refractivity contribution is 0.131. The summed E-state index contributed by atoms with van der Waals surface area (Å²) in [5, 5.41) is 14.1. The lowest BCUT2D eigenvalue weighted by atomic mass is 10.1. The van der Waals surface area contributed by atoms with Gasteiger partial charge in [0.05, 0.1) is 12.6 Å². The predicted molar refractivity (Wildman–Crippen MR) is 69.6 cm³/mol. The number of para-hydroxylation sites is 1. The van der Waals surface area contributed by atoms with Crippen LogP contribution in [0.25, 0.3) is 10.9 Å². The molecule has 18 heavy (non-hydrogen) atoms. The molecule has 1 aliphatic rings. The van der Waals surface area contributed by atoms with Crippen LogP contribution in [0.5, 0.6) is 5.75 Å². The van der Waals surface area contributed by atoms with E-state index in [-0.39, 0.29) is 11.8 Å². The molecular formula is C14H16N2O2. The predicted octanol–water partition coefficient (Wildman–Crippen LogP) is 1.99. The molecule has 0 amide bonds. The fourth-order valence-electron chi connectivity index (χ4n) is 2.28. The molecule has 2 heterocycles. The molecule has 0 bridgehead atoms. The number of nitrogens with one attached hydrogen (secondary N) is 1. The number of hydrogen-bond donors (Lipinski definition) is 2. The Morgan fingerprint density at radius 3 is 3.28 bits per heavy atom. The number of ether oxygens (including phenoxy) is 1. The number of fused-ring (bicyclic) bond motifs is 1. The molecule has 4 heteroatoms. The summed E-state index contributed by atoms with van der Waals surface area (Å²) >= 11 is 0. The van der Waals surface area contributed by atoms with Crippen LogP contribution in [0.3, 0.4) is 0 Å². The molecule has 4 nitrogen and oxygen atoms in total. The molecular weight excluding hydrogens is 228 g/mol. The number of phenolic OH excluding ortho intramolecular Hbond substituents is 1. The van der Waals surface area contributed by atoms with Gasteiger partial charge in [0, 0.05) is 18.2 Å². The largest absolute Gasteiger partial charge is 0.506 e. The molecule has 0 radical (unpaired) electrons. The van der Waals surface area contributed by atoms with Crippen LogP contribution in [0.2, 0.25) is 0 Å². The van der Waals surface area contributed by atoms with Crippen molar-refractivity contribution in [1.29, 1.82) is 0 Å². The van der Waals surface area contributed by atoms with Crippen molar-refractivity contribution in [2.45, 2.75) is 12.5 Å². The van der Waals surface area contributed by atoms with E-state index in [4.69, 9.17) is 4.74 Å². The number of nitrogens with zero attached hydrogens (tertiary/aromatic N) is 1. The highest BCUT2D eigenvalue weighted by molar-refractivity contribution is 5.84. The van der Waals surface area contributed by atoms with E-state index in [0.717, 1.165) is 30.5 Å². The molecule has 1 unspecified atom stereocenters. The van der Waals surface area contributed by atoms with E-state index in [1.807, 2.05) is 18.3 Å². The molecule has 1 atom stereocenters. The Bertz CT molecular complexity index is 548. The second-order valence-electron chi connectivity index (χ2n) is 4.55. The first-order valence-electron chi connectivity index (χ1n) is 6.23. The molecule has 1 aromatic heterocycles. The first-order chi connectivity index (χ1) is 8.84. The van der Waals surface area contributed by atoms with Crippen molar-refractivity contribution in [2.24, 2.45) is 0 Å². The Labute approximate surface area is 106 Å². The Hall–Kier alpha value is -1.65. The number of aromatic nitrogens is 1. The third kappa shape index (κ3) is 2.17. The lowest BCUT2D eigenvalue weighted by Crippen LogP contribution is -2.23. The van der Waals surface area contributed by atoms with E-state index in [9.17, 15) is 5.11 Å². The minimum Gasteiger partial charge on any atom is -0.506 e. The molecule has 2 N–H and O–H groups in total. The van der Waals surface area contributed by atoms with Crippen molar-refractivity contribution in [3.8, 4) is 5.75 Å². The van der Waals surface area contributed by atoms with Crippen LogP contribution in [0.1, 0.15) is 18.0 Å². The van der Waals surface area contributed by atoms with Crippen molar-refractivity contribution < 1.29 is 9.84 Å². The average molecular weight is 244 g/mol. The summed E-state index contributed by atoms with van der Waals surface area (Å²) in [4.78, 5) is 4.34. The maximum Gasteiger partial charge on any atom is 0.141 e. The third-order valence-electron chi connectivity index (χ3n) is 3.25. The number of benzene rings is 1. The van der Waals surface area contributed by atoms with Gasteiger partial charge in [0.2, 0.25) is 0 Å². The van der Waals surface area contributed by atoms with Gasteiger partial charge in [0.1, 0.15) is 11.3 Å². The second-order valence-corrected chi connectivity index (χ2v) is 4.55. The molecule has 1 fully saturated rings. The Morgan fingerprint density at radius 1 is 1.39 bits per heavy atom. The highest BCUT2D eigenvalue weighted by atomic mass is 16.5. The van der Waals surface area contributed by atoms with E-state index in [1.54, 1.807) is 6.07 Å². The number of pyridine rings is 1. The topological polar surface area (TPSA) is 54.4 Å². The van der Waals surface area contributed by atoms with E-state index in [0.29, 0.717) is 12.1 Å². The summed E-state index contributed by atoms with van der Waals surface area (Å²) in [6, 6.07) is 7.70. The van der Waals surface area contributed by atoms with Gasteiger partial charge in [-0.2, -0.15) is 0 Å². The zero-order valence-electron chi connectivity index (χ0n) is 10.1. The summed E-state index contributed by atoms with van der Waals surface area (Å²) < 4.78 is 5.56.